The minimum absolute atomic E-state index is 0.379. The number of aromatic nitrogens is 2. The predicted molar refractivity (Wildman–Crippen MR) is 120 cm³/mol. The number of anilines is 1. The monoisotopic (exact) mass is 439 g/mol. The van der Waals surface area contributed by atoms with Gasteiger partial charge in [0, 0.05) is 22.5 Å². The third-order valence-electron chi connectivity index (χ3n) is 4.65. The number of methoxy groups -OCH3 is 2. The van der Waals surface area contributed by atoms with Gasteiger partial charge in [0.25, 0.3) is 0 Å². The number of halogens is 1. The Kier molecular flexibility index (Phi) is 5.83. The molecule has 0 radical (unpaired) electrons. The molecule has 0 bridgehead atoms. The van der Waals surface area contributed by atoms with Crippen molar-refractivity contribution in [1.29, 1.82) is 0 Å². The highest BCUT2D eigenvalue weighted by Crippen LogP contribution is 2.37. The second-order valence-corrected chi connectivity index (χ2v) is 7.73. The molecule has 0 aliphatic rings. The lowest BCUT2D eigenvalue weighted by Gasteiger charge is -2.11. The summed E-state index contributed by atoms with van der Waals surface area (Å²) in [5.74, 6) is 0.750. The number of nitrogens with one attached hydrogen (secondary N) is 1. The SMILES string of the molecule is COC(=O)c1cc(CNc2ncnc3scc(-c4ccc(Cl)cc4)c23)ccc1OC. The van der Waals surface area contributed by atoms with Crippen LogP contribution in [0.5, 0.6) is 5.75 Å². The topological polar surface area (TPSA) is 73.3 Å². The first-order valence-corrected chi connectivity index (χ1v) is 10.3. The van der Waals surface area contributed by atoms with Gasteiger partial charge < -0.3 is 14.8 Å². The van der Waals surface area contributed by atoms with E-state index >= 15 is 0 Å². The van der Waals surface area contributed by atoms with Crippen LogP contribution in [0, 0.1) is 0 Å². The zero-order chi connectivity index (χ0) is 21.1. The molecule has 0 atom stereocenters. The number of carbonyl (C=O) groups is 1. The summed E-state index contributed by atoms with van der Waals surface area (Å²) in [5, 5.41) is 7.07. The smallest absolute Gasteiger partial charge is 0.341 e. The Morgan fingerprint density at radius 3 is 2.67 bits per heavy atom. The number of rotatable bonds is 6. The van der Waals surface area contributed by atoms with Crippen LogP contribution in [-0.2, 0) is 11.3 Å². The maximum Gasteiger partial charge on any atom is 0.341 e. The van der Waals surface area contributed by atoms with Gasteiger partial charge in [0.15, 0.2) is 0 Å². The van der Waals surface area contributed by atoms with Crippen molar-refractivity contribution in [2.75, 3.05) is 19.5 Å². The molecule has 1 N–H and O–H groups in total. The zero-order valence-corrected chi connectivity index (χ0v) is 17.9. The maximum atomic E-state index is 12.0. The van der Waals surface area contributed by atoms with Gasteiger partial charge in [-0.15, -0.1) is 11.3 Å². The zero-order valence-electron chi connectivity index (χ0n) is 16.3. The van der Waals surface area contributed by atoms with Crippen molar-refractivity contribution in [3.8, 4) is 16.9 Å². The number of esters is 1. The Balaban J connectivity index is 1.66. The van der Waals surface area contributed by atoms with Crippen molar-refractivity contribution in [2.24, 2.45) is 0 Å². The number of ether oxygens (including phenoxy) is 2. The van der Waals surface area contributed by atoms with E-state index in [1.54, 1.807) is 29.8 Å². The Bertz CT molecular complexity index is 1210. The molecule has 0 saturated heterocycles. The van der Waals surface area contributed by atoms with Crippen LogP contribution in [0.15, 0.2) is 54.2 Å². The highest BCUT2D eigenvalue weighted by molar-refractivity contribution is 7.17. The van der Waals surface area contributed by atoms with E-state index in [4.69, 9.17) is 21.1 Å². The summed E-state index contributed by atoms with van der Waals surface area (Å²) in [6.07, 6.45) is 1.54. The van der Waals surface area contributed by atoms with E-state index in [-0.39, 0.29) is 0 Å². The largest absolute Gasteiger partial charge is 0.496 e. The summed E-state index contributed by atoms with van der Waals surface area (Å²) in [7, 11) is 2.87. The summed E-state index contributed by atoms with van der Waals surface area (Å²) >= 11 is 7.59. The van der Waals surface area contributed by atoms with Crippen molar-refractivity contribution < 1.29 is 14.3 Å². The van der Waals surface area contributed by atoms with Crippen LogP contribution in [0.4, 0.5) is 5.82 Å². The van der Waals surface area contributed by atoms with Crippen LogP contribution in [-0.4, -0.2) is 30.2 Å². The molecule has 2 heterocycles. The first-order chi connectivity index (χ1) is 14.6. The Hall–Kier alpha value is -3.16. The van der Waals surface area contributed by atoms with Crippen LogP contribution in [0.2, 0.25) is 5.02 Å². The first-order valence-electron chi connectivity index (χ1n) is 9.08. The third kappa shape index (κ3) is 3.94. The molecule has 0 aliphatic heterocycles. The molecule has 0 spiro atoms. The fourth-order valence-electron chi connectivity index (χ4n) is 3.17. The van der Waals surface area contributed by atoms with Crippen molar-refractivity contribution in [1.82, 2.24) is 9.97 Å². The molecule has 0 fully saturated rings. The highest BCUT2D eigenvalue weighted by Gasteiger charge is 2.15. The molecule has 30 heavy (non-hydrogen) atoms. The number of hydrogen-bond acceptors (Lipinski definition) is 7. The van der Waals surface area contributed by atoms with E-state index in [0.29, 0.717) is 22.9 Å². The quantitative estimate of drug-likeness (QED) is 0.404. The number of thiophene rings is 1. The Morgan fingerprint density at radius 2 is 1.93 bits per heavy atom. The molecule has 0 saturated carbocycles. The lowest BCUT2D eigenvalue weighted by molar-refractivity contribution is 0.0597. The number of nitrogens with zero attached hydrogens (tertiary/aromatic N) is 2. The van der Waals surface area contributed by atoms with Crippen LogP contribution < -0.4 is 10.1 Å². The van der Waals surface area contributed by atoms with Crippen molar-refractivity contribution in [2.45, 2.75) is 6.54 Å². The van der Waals surface area contributed by atoms with Crippen LogP contribution in [0.1, 0.15) is 15.9 Å². The Morgan fingerprint density at radius 1 is 1.13 bits per heavy atom. The minimum Gasteiger partial charge on any atom is -0.496 e. The molecule has 8 heteroatoms. The van der Waals surface area contributed by atoms with E-state index < -0.39 is 5.97 Å². The van der Waals surface area contributed by atoms with Gasteiger partial charge in [-0.25, -0.2) is 14.8 Å². The molecule has 2 aromatic carbocycles. The fourth-order valence-corrected chi connectivity index (χ4v) is 4.21. The summed E-state index contributed by atoms with van der Waals surface area (Å²) in [4.78, 5) is 21.8. The second-order valence-electron chi connectivity index (χ2n) is 6.44. The molecule has 0 aliphatic carbocycles. The number of carbonyl (C=O) groups excluding carboxylic acids is 1. The maximum absolute atomic E-state index is 12.0. The number of hydrogen-bond donors (Lipinski definition) is 1. The van der Waals surface area contributed by atoms with Gasteiger partial charge in [-0.05, 0) is 35.4 Å². The average molecular weight is 440 g/mol. The van der Waals surface area contributed by atoms with Gasteiger partial charge >= 0.3 is 5.97 Å². The van der Waals surface area contributed by atoms with Gasteiger partial charge in [0.2, 0.25) is 0 Å². The first kappa shape index (κ1) is 20.1. The highest BCUT2D eigenvalue weighted by atomic mass is 35.5. The molecule has 4 rings (SSSR count). The second kappa shape index (κ2) is 8.69. The molecule has 0 unspecified atom stereocenters. The number of fused-ring (bicyclic) bond motifs is 1. The lowest BCUT2D eigenvalue weighted by Crippen LogP contribution is -2.07. The summed E-state index contributed by atoms with van der Waals surface area (Å²) in [6.45, 7) is 0.468. The molecule has 0 amide bonds. The van der Waals surface area contributed by atoms with Crippen LogP contribution in [0.25, 0.3) is 21.3 Å². The normalized spacial score (nSPS) is 10.8. The third-order valence-corrected chi connectivity index (χ3v) is 5.79. The lowest BCUT2D eigenvalue weighted by atomic mass is 10.1. The van der Waals surface area contributed by atoms with E-state index in [1.165, 1.54) is 14.2 Å². The van der Waals surface area contributed by atoms with Gasteiger partial charge in [-0.3, -0.25) is 0 Å². The minimum atomic E-state index is -0.444. The molecule has 2 aromatic heterocycles. The van der Waals surface area contributed by atoms with Gasteiger partial charge in [-0.2, -0.15) is 0 Å². The van der Waals surface area contributed by atoms with Crippen LogP contribution >= 0.6 is 22.9 Å². The van der Waals surface area contributed by atoms with Crippen molar-refractivity contribution in [3.63, 3.8) is 0 Å². The molecule has 4 aromatic rings. The van der Waals surface area contributed by atoms with Gasteiger partial charge in [-0.1, -0.05) is 29.8 Å². The molecular formula is C22H18ClN3O3S. The Labute approximate surface area is 182 Å². The van der Waals surface area contributed by atoms with E-state index in [0.717, 1.165) is 32.7 Å². The van der Waals surface area contributed by atoms with Crippen LogP contribution in [0.3, 0.4) is 0 Å². The molecule has 152 valence electrons. The van der Waals surface area contributed by atoms with E-state index in [9.17, 15) is 4.79 Å². The van der Waals surface area contributed by atoms with Crippen molar-refractivity contribution >= 4 is 44.9 Å². The average Bonchev–Trinajstić information content (AvgIpc) is 3.22. The van der Waals surface area contributed by atoms with E-state index in [2.05, 4.69) is 20.7 Å². The summed E-state index contributed by atoms with van der Waals surface area (Å²) < 4.78 is 10.1. The van der Waals surface area contributed by atoms with Gasteiger partial charge in [0.05, 0.1) is 19.6 Å². The summed E-state index contributed by atoms with van der Waals surface area (Å²) in [5.41, 5.74) is 3.36. The van der Waals surface area contributed by atoms with Gasteiger partial charge in [0.1, 0.15) is 28.3 Å². The van der Waals surface area contributed by atoms with Crippen molar-refractivity contribution in [3.05, 3.63) is 70.3 Å². The number of benzene rings is 2. The van der Waals surface area contributed by atoms with E-state index in [1.807, 2.05) is 30.3 Å². The molecular weight excluding hydrogens is 422 g/mol. The standard InChI is InChI=1S/C22H18ClN3O3S/c1-28-18-8-3-13(9-16(18)22(27)29-2)10-24-20-19-17(11-30-21(19)26-12-25-20)14-4-6-15(23)7-5-14/h3-9,11-12H,10H2,1-2H3,(H,24,25,26). The summed E-state index contributed by atoms with van der Waals surface area (Å²) in [6, 6.07) is 13.1. The predicted octanol–water partition coefficient (Wildman–Crippen LogP) is 5.42. The fraction of sp³-hybridized carbons (Fsp3) is 0.136. The molecule has 6 nitrogen and oxygen atoms in total.